The lowest BCUT2D eigenvalue weighted by atomic mass is 9.91. The third-order valence-corrected chi connectivity index (χ3v) is 11.0. The van der Waals surface area contributed by atoms with E-state index in [-0.39, 0.29) is 46.9 Å². The minimum absolute atomic E-state index is 0.00585. The zero-order chi connectivity index (χ0) is 32.9. The van der Waals surface area contributed by atoms with Gasteiger partial charge in [-0.15, -0.1) is 6.42 Å². The summed E-state index contributed by atoms with van der Waals surface area (Å²) in [5.74, 6) is 2.34. The number of hydrogen-bond acceptors (Lipinski definition) is 8. The highest BCUT2D eigenvalue weighted by molar-refractivity contribution is 6.18. The number of nitrogens with two attached hydrogens (primary N) is 1. The van der Waals surface area contributed by atoms with Gasteiger partial charge in [-0.3, -0.25) is 4.90 Å². The highest BCUT2D eigenvalue weighted by Gasteiger charge is 2.49. The van der Waals surface area contributed by atoms with Crippen LogP contribution in [-0.4, -0.2) is 71.4 Å². The number of aryl methyl sites for hydroxylation is 1. The van der Waals surface area contributed by atoms with Gasteiger partial charge in [0.05, 0.1) is 22.1 Å². The Kier molecular flexibility index (Phi) is 6.62. The Labute approximate surface area is 275 Å². The number of furan rings is 1. The number of aromatic nitrogens is 2. The largest absolute Gasteiger partial charge is 0.461 e. The number of halogens is 3. The third-order valence-electron chi connectivity index (χ3n) is 11.0. The summed E-state index contributed by atoms with van der Waals surface area (Å²) < 4.78 is 59.9. The Bertz CT molecular complexity index is 2180. The lowest BCUT2D eigenvalue weighted by Gasteiger charge is -2.37. The molecule has 2 aromatic heterocycles. The molecule has 4 atom stereocenters. The van der Waals surface area contributed by atoms with Gasteiger partial charge in [-0.05, 0) is 74.4 Å². The third kappa shape index (κ3) is 4.31. The number of alkyl halides is 1. The van der Waals surface area contributed by atoms with Crippen LogP contribution in [0.2, 0.25) is 0 Å². The van der Waals surface area contributed by atoms with Crippen molar-refractivity contribution >= 4 is 44.1 Å². The van der Waals surface area contributed by atoms with Crippen molar-refractivity contribution in [3.63, 3.8) is 0 Å². The SMILES string of the molecule is C#Cc1c(F)ccc2cc(N)cc(-c3c(F)c4nc(OCC56CCCN5C[C@H](F)C6)nc(N5C6CCC5CNC6)c4c4cc(C)oc34)c12. The lowest BCUT2D eigenvalue weighted by Crippen LogP contribution is -2.52. The highest BCUT2D eigenvalue weighted by atomic mass is 19.1. The van der Waals surface area contributed by atoms with Gasteiger partial charge >= 0.3 is 6.01 Å². The molecule has 3 aromatic carbocycles. The second-order valence-corrected chi connectivity index (χ2v) is 13.9. The predicted molar refractivity (Wildman–Crippen MR) is 180 cm³/mol. The molecule has 48 heavy (non-hydrogen) atoms. The Morgan fingerprint density at radius 1 is 1.15 bits per heavy atom. The van der Waals surface area contributed by atoms with E-state index in [1.807, 2.05) is 6.07 Å². The summed E-state index contributed by atoms with van der Waals surface area (Å²) in [7, 11) is 0. The molecule has 0 spiro atoms. The number of nitrogens with one attached hydrogen (secondary N) is 1. The van der Waals surface area contributed by atoms with E-state index in [9.17, 15) is 4.39 Å². The number of ether oxygens (including phenoxy) is 1. The highest BCUT2D eigenvalue weighted by Crippen LogP contribution is 2.47. The molecule has 2 bridgehead atoms. The van der Waals surface area contributed by atoms with Gasteiger partial charge in [0.2, 0.25) is 0 Å². The molecule has 4 aliphatic rings. The van der Waals surface area contributed by atoms with Gasteiger partial charge in [-0.25, -0.2) is 13.2 Å². The van der Waals surface area contributed by atoms with Crippen LogP contribution in [0.4, 0.5) is 24.7 Å². The van der Waals surface area contributed by atoms with Gasteiger partial charge in [0.15, 0.2) is 5.82 Å². The van der Waals surface area contributed by atoms with Crippen LogP contribution in [0.5, 0.6) is 6.01 Å². The van der Waals surface area contributed by atoms with Gasteiger partial charge in [0, 0.05) is 54.6 Å². The summed E-state index contributed by atoms with van der Waals surface area (Å²) >= 11 is 0. The molecule has 0 aliphatic carbocycles. The fourth-order valence-corrected chi connectivity index (χ4v) is 9.01. The molecule has 4 fully saturated rings. The molecule has 246 valence electrons. The number of rotatable bonds is 5. The van der Waals surface area contributed by atoms with Crippen molar-refractivity contribution in [1.29, 1.82) is 0 Å². The quantitative estimate of drug-likeness (QED) is 0.170. The number of nitrogens with zero attached hydrogens (tertiary/aromatic N) is 4. The number of benzene rings is 3. The molecule has 0 saturated carbocycles. The van der Waals surface area contributed by atoms with Gasteiger partial charge in [0.1, 0.15) is 41.3 Å². The standard InChI is InChI=1S/C37H35F3N6O2/c1-3-25-28(39)8-5-20-12-22(41)13-26(29(20)25)30-32(40)33-31(27-11-19(2)48-34(27)30)35(46-23-6-7-24(46)16-42-15-23)44-36(43-33)47-18-37-9-4-10-45(37)17-21(38)14-37/h1,5,8,11-13,21,23-24,42H,4,6-7,9-10,14-18,41H2,2H3/t21-,23?,24?,37?/m1/s1. The van der Waals surface area contributed by atoms with E-state index in [2.05, 4.69) is 21.0 Å². The summed E-state index contributed by atoms with van der Waals surface area (Å²) in [5, 5.41) is 5.59. The molecule has 4 aliphatic heterocycles. The van der Waals surface area contributed by atoms with Gasteiger partial charge in [-0.1, -0.05) is 12.0 Å². The summed E-state index contributed by atoms with van der Waals surface area (Å²) in [5.41, 5.74) is 7.00. The van der Waals surface area contributed by atoms with Crippen LogP contribution in [0, 0.1) is 30.9 Å². The van der Waals surface area contributed by atoms with E-state index in [1.165, 1.54) is 6.07 Å². The van der Waals surface area contributed by atoms with Crippen molar-refractivity contribution in [2.75, 3.05) is 43.4 Å². The molecule has 0 radical (unpaired) electrons. The maximum absolute atomic E-state index is 17.6. The Hall–Kier alpha value is -4.53. The number of nitrogen functional groups attached to an aromatic ring is 1. The van der Waals surface area contributed by atoms with E-state index in [1.54, 1.807) is 25.1 Å². The Morgan fingerprint density at radius 3 is 2.75 bits per heavy atom. The van der Waals surface area contributed by atoms with Crippen molar-refractivity contribution in [3.8, 4) is 29.5 Å². The fraction of sp³-hybridized carbons (Fsp3) is 0.405. The number of anilines is 2. The minimum atomic E-state index is -0.915. The van der Waals surface area contributed by atoms with E-state index < -0.39 is 23.3 Å². The summed E-state index contributed by atoms with van der Waals surface area (Å²) in [6, 6.07) is 8.37. The second-order valence-electron chi connectivity index (χ2n) is 13.9. The minimum Gasteiger partial charge on any atom is -0.461 e. The van der Waals surface area contributed by atoms with Crippen molar-refractivity contribution in [1.82, 2.24) is 20.2 Å². The first-order chi connectivity index (χ1) is 23.2. The predicted octanol–water partition coefficient (Wildman–Crippen LogP) is 6.24. The molecule has 4 saturated heterocycles. The van der Waals surface area contributed by atoms with Crippen molar-refractivity contribution in [3.05, 3.63) is 53.3 Å². The average Bonchev–Trinajstić information content (AvgIpc) is 3.78. The Balaban J connectivity index is 1.31. The molecule has 9 rings (SSSR count). The fourth-order valence-electron chi connectivity index (χ4n) is 9.01. The van der Waals surface area contributed by atoms with Crippen molar-refractivity contribution in [2.24, 2.45) is 0 Å². The maximum Gasteiger partial charge on any atom is 0.319 e. The second kappa shape index (κ2) is 10.7. The van der Waals surface area contributed by atoms with E-state index in [0.717, 1.165) is 45.3 Å². The van der Waals surface area contributed by atoms with Crippen molar-refractivity contribution < 1.29 is 22.3 Å². The Morgan fingerprint density at radius 2 is 1.96 bits per heavy atom. The number of terminal acetylenes is 1. The van der Waals surface area contributed by atoms with Crippen LogP contribution < -0.4 is 20.7 Å². The van der Waals surface area contributed by atoms with Crippen LogP contribution in [0.3, 0.4) is 0 Å². The molecule has 3 unspecified atom stereocenters. The molecule has 3 N–H and O–H groups in total. The first kappa shape index (κ1) is 29.6. The monoisotopic (exact) mass is 652 g/mol. The first-order valence-electron chi connectivity index (χ1n) is 16.7. The number of fused-ring (bicyclic) bond motifs is 7. The topological polar surface area (TPSA) is 92.7 Å². The van der Waals surface area contributed by atoms with Gasteiger partial charge in [-0.2, -0.15) is 9.97 Å². The molecule has 11 heteroatoms. The molecular formula is C37H35F3N6O2. The molecule has 0 amide bonds. The van der Waals surface area contributed by atoms with Crippen LogP contribution in [0.15, 0.2) is 34.7 Å². The van der Waals surface area contributed by atoms with Gasteiger partial charge in [0.25, 0.3) is 0 Å². The van der Waals surface area contributed by atoms with Crippen LogP contribution >= 0.6 is 0 Å². The molecular weight excluding hydrogens is 617 g/mol. The number of piperazine rings is 1. The zero-order valence-electron chi connectivity index (χ0n) is 26.6. The normalized spacial score (nSPS) is 25.4. The van der Waals surface area contributed by atoms with Crippen LogP contribution in [0.25, 0.3) is 43.8 Å². The summed E-state index contributed by atoms with van der Waals surface area (Å²) in [4.78, 5) is 14.2. The molecule has 5 aromatic rings. The molecule has 8 nitrogen and oxygen atoms in total. The number of hydrogen-bond donors (Lipinski definition) is 2. The average molecular weight is 653 g/mol. The molecule has 6 heterocycles. The van der Waals surface area contributed by atoms with Gasteiger partial charge < -0.3 is 25.1 Å². The lowest BCUT2D eigenvalue weighted by molar-refractivity contribution is 0.107. The van der Waals surface area contributed by atoms with Crippen LogP contribution in [0.1, 0.15) is 43.4 Å². The van der Waals surface area contributed by atoms with E-state index in [4.69, 9.17) is 31.3 Å². The van der Waals surface area contributed by atoms with E-state index >= 15 is 8.78 Å². The van der Waals surface area contributed by atoms with E-state index in [0.29, 0.717) is 57.3 Å². The maximum atomic E-state index is 17.6. The summed E-state index contributed by atoms with van der Waals surface area (Å²) in [6.07, 6.45) is 9.02. The first-order valence-corrected chi connectivity index (χ1v) is 16.7. The zero-order valence-corrected chi connectivity index (χ0v) is 26.6. The van der Waals surface area contributed by atoms with Crippen molar-refractivity contribution in [2.45, 2.75) is 62.8 Å². The summed E-state index contributed by atoms with van der Waals surface area (Å²) in [6.45, 7) is 4.77. The smallest absolute Gasteiger partial charge is 0.319 e. The van der Waals surface area contributed by atoms with Crippen LogP contribution in [-0.2, 0) is 0 Å².